The Morgan fingerprint density at radius 2 is 1.94 bits per heavy atom. The van der Waals surface area contributed by atoms with Crippen LogP contribution >= 0.6 is 0 Å². The van der Waals surface area contributed by atoms with Crippen LogP contribution in [0.1, 0.15) is 25.7 Å². The second-order valence-electron chi connectivity index (χ2n) is 5.33. The maximum Gasteiger partial charge on any atom is 0.243 e. The normalized spacial score (nSPS) is 30.8. The fraction of sp³-hybridized carbons (Fsp3) is 0.538. The van der Waals surface area contributed by atoms with Gasteiger partial charge in [-0.05, 0) is 43.2 Å². The largest absolute Gasteiger partial charge is 0.243 e. The molecule has 2 bridgehead atoms. The van der Waals surface area contributed by atoms with Crippen LogP contribution in [0.3, 0.4) is 0 Å². The van der Waals surface area contributed by atoms with E-state index in [1.807, 2.05) is 0 Å². The van der Waals surface area contributed by atoms with Crippen LogP contribution in [0, 0.1) is 17.7 Å². The van der Waals surface area contributed by atoms with Crippen LogP contribution in [0.4, 0.5) is 4.39 Å². The number of halogens is 1. The molecule has 0 saturated heterocycles. The van der Waals surface area contributed by atoms with E-state index in [1.165, 1.54) is 24.6 Å². The second-order valence-corrected chi connectivity index (χ2v) is 7.02. The molecule has 0 radical (unpaired) electrons. The van der Waals surface area contributed by atoms with Gasteiger partial charge < -0.3 is 0 Å². The quantitative estimate of drug-likeness (QED) is 0.915. The zero-order valence-electron chi connectivity index (χ0n) is 9.97. The van der Waals surface area contributed by atoms with Crippen molar-refractivity contribution in [1.29, 1.82) is 0 Å². The van der Waals surface area contributed by atoms with Crippen molar-refractivity contribution in [3.05, 3.63) is 30.1 Å². The first kappa shape index (κ1) is 12.1. The molecule has 5 heteroatoms. The summed E-state index contributed by atoms with van der Waals surface area (Å²) in [6, 6.07) is 5.51. The second kappa shape index (κ2) is 4.31. The molecule has 3 atom stereocenters. The smallest absolute Gasteiger partial charge is 0.208 e. The average Bonchev–Trinajstić information content (AvgIpc) is 2.90. The van der Waals surface area contributed by atoms with Gasteiger partial charge in [0.15, 0.2) is 0 Å². The Kier molecular flexibility index (Phi) is 2.90. The van der Waals surface area contributed by atoms with Gasteiger partial charge in [-0.1, -0.05) is 18.6 Å². The van der Waals surface area contributed by atoms with Gasteiger partial charge in [-0.3, -0.25) is 0 Å². The van der Waals surface area contributed by atoms with Crippen LogP contribution in [-0.4, -0.2) is 14.5 Å². The first-order valence-electron chi connectivity index (χ1n) is 6.33. The molecule has 2 aliphatic rings. The molecule has 0 amide bonds. The average molecular weight is 269 g/mol. The number of benzene rings is 1. The van der Waals surface area contributed by atoms with Crippen molar-refractivity contribution < 1.29 is 12.8 Å². The minimum Gasteiger partial charge on any atom is -0.208 e. The Labute approximate surface area is 106 Å². The summed E-state index contributed by atoms with van der Waals surface area (Å²) in [4.78, 5) is -0.243. The molecule has 0 heterocycles. The highest BCUT2D eigenvalue weighted by Crippen LogP contribution is 2.44. The summed E-state index contributed by atoms with van der Waals surface area (Å²) < 4.78 is 40.5. The van der Waals surface area contributed by atoms with Gasteiger partial charge in [0.05, 0.1) is 0 Å². The van der Waals surface area contributed by atoms with Crippen molar-refractivity contribution in [2.45, 2.75) is 36.6 Å². The number of hydrogen-bond donors (Lipinski definition) is 1. The third-order valence-corrected chi connectivity index (χ3v) is 5.69. The fourth-order valence-corrected chi connectivity index (χ4v) is 4.71. The predicted molar refractivity (Wildman–Crippen MR) is 66.0 cm³/mol. The maximum atomic E-state index is 13.5. The zero-order valence-corrected chi connectivity index (χ0v) is 10.8. The first-order valence-corrected chi connectivity index (χ1v) is 7.81. The van der Waals surface area contributed by atoms with Crippen LogP contribution in [0.2, 0.25) is 0 Å². The summed E-state index contributed by atoms with van der Waals surface area (Å²) >= 11 is 0. The monoisotopic (exact) mass is 269 g/mol. The number of fused-ring (bicyclic) bond motifs is 2. The molecule has 98 valence electrons. The molecule has 18 heavy (non-hydrogen) atoms. The molecule has 0 spiro atoms. The highest BCUT2D eigenvalue weighted by Gasteiger charge is 2.41. The van der Waals surface area contributed by atoms with E-state index in [1.54, 1.807) is 6.07 Å². The van der Waals surface area contributed by atoms with Gasteiger partial charge in [-0.25, -0.2) is 17.5 Å². The number of nitrogens with one attached hydrogen (secondary N) is 1. The van der Waals surface area contributed by atoms with E-state index in [-0.39, 0.29) is 10.9 Å². The Morgan fingerprint density at radius 3 is 2.56 bits per heavy atom. The van der Waals surface area contributed by atoms with E-state index >= 15 is 0 Å². The Morgan fingerprint density at radius 1 is 1.17 bits per heavy atom. The lowest BCUT2D eigenvalue weighted by atomic mass is 9.96. The summed E-state index contributed by atoms with van der Waals surface area (Å²) in [6.45, 7) is 0. The van der Waals surface area contributed by atoms with Gasteiger partial charge in [0.25, 0.3) is 0 Å². The highest BCUT2D eigenvalue weighted by atomic mass is 32.2. The van der Waals surface area contributed by atoms with Crippen molar-refractivity contribution in [2.75, 3.05) is 0 Å². The molecular weight excluding hydrogens is 253 g/mol. The number of sulfonamides is 1. The van der Waals surface area contributed by atoms with E-state index in [0.29, 0.717) is 11.8 Å². The minimum absolute atomic E-state index is 0.00615. The van der Waals surface area contributed by atoms with Crippen molar-refractivity contribution in [3.8, 4) is 0 Å². The summed E-state index contributed by atoms with van der Waals surface area (Å²) in [5, 5.41) is 0. The molecule has 1 N–H and O–H groups in total. The molecule has 2 fully saturated rings. The lowest BCUT2D eigenvalue weighted by Gasteiger charge is -2.22. The molecule has 0 aromatic heterocycles. The molecule has 3 rings (SSSR count). The van der Waals surface area contributed by atoms with E-state index in [4.69, 9.17) is 0 Å². The van der Waals surface area contributed by atoms with Crippen LogP contribution in [-0.2, 0) is 10.0 Å². The Balaban J connectivity index is 1.82. The fourth-order valence-electron chi connectivity index (χ4n) is 3.31. The molecule has 1 aromatic carbocycles. The summed E-state index contributed by atoms with van der Waals surface area (Å²) in [6.07, 6.45) is 4.32. The number of rotatable bonds is 3. The standard InChI is InChI=1S/C13H16FNO2S/c14-11-3-1-2-4-13(11)18(16,17)15-12-8-9-5-6-10(12)7-9/h1-4,9-10,12,15H,5-8H2. The van der Waals surface area contributed by atoms with Crippen molar-refractivity contribution in [2.24, 2.45) is 11.8 Å². The van der Waals surface area contributed by atoms with Crippen LogP contribution in [0.25, 0.3) is 0 Å². The topological polar surface area (TPSA) is 46.2 Å². The van der Waals surface area contributed by atoms with Gasteiger partial charge in [0.1, 0.15) is 10.7 Å². The Hall–Kier alpha value is -0.940. The third-order valence-electron chi connectivity index (χ3n) is 4.17. The molecule has 1 aromatic rings. The van der Waals surface area contributed by atoms with Gasteiger partial charge >= 0.3 is 0 Å². The van der Waals surface area contributed by atoms with Crippen LogP contribution in [0.15, 0.2) is 29.2 Å². The highest BCUT2D eigenvalue weighted by molar-refractivity contribution is 7.89. The van der Waals surface area contributed by atoms with Crippen molar-refractivity contribution in [3.63, 3.8) is 0 Å². The molecular formula is C13H16FNO2S. The van der Waals surface area contributed by atoms with Gasteiger partial charge in [-0.2, -0.15) is 0 Å². The molecule has 2 aliphatic carbocycles. The molecule has 0 aliphatic heterocycles. The maximum absolute atomic E-state index is 13.5. The van der Waals surface area contributed by atoms with Gasteiger partial charge in [0, 0.05) is 6.04 Å². The van der Waals surface area contributed by atoms with E-state index < -0.39 is 15.8 Å². The summed E-state index contributed by atoms with van der Waals surface area (Å²) in [5.41, 5.74) is 0. The minimum atomic E-state index is -3.72. The van der Waals surface area contributed by atoms with Crippen LogP contribution < -0.4 is 4.72 Å². The predicted octanol–water partition coefficient (Wildman–Crippen LogP) is 2.29. The van der Waals surface area contributed by atoms with E-state index in [0.717, 1.165) is 19.3 Å². The SMILES string of the molecule is O=S(=O)(NC1CC2CCC1C2)c1ccccc1F. The van der Waals surface area contributed by atoms with E-state index in [2.05, 4.69) is 4.72 Å². The summed E-state index contributed by atoms with van der Waals surface area (Å²) in [5.74, 6) is 0.410. The Bertz CT molecular complexity index is 558. The third kappa shape index (κ3) is 2.06. The molecule has 3 unspecified atom stereocenters. The lowest BCUT2D eigenvalue weighted by molar-refractivity contribution is 0.389. The first-order chi connectivity index (χ1) is 8.56. The molecule has 3 nitrogen and oxygen atoms in total. The zero-order chi connectivity index (χ0) is 12.8. The van der Waals surface area contributed by atoms with Crippen molar-refractivity contribution in [1.82, 2.24) is 4.72 Å². The summed E-state index contributed by atoms with van der Waals surface area (Å²) in [7, 11) is -3.72. The van der Waals surface area contributed by atoms with Gasteiger partial charge in [0.2, 0.25) is 10.0 Å². The van der Waals surface area contributed by atoms with E-state index in [9.17, 15) is 12.8 Å². The lowest BCUT2D eigenvalue weighted by Crippen LogP contribution is -2.38. The van der Waals surface area contributed by atoms with Gasteiger partial charge in [-0.15, -0.1) is 0 Å². The van der Waals surface area contributed by atoms with Crippen molar-refractivity contribution >= 4 is 10.0 Å². The van der Waals surface area contributed by atoms with Crippen LogP contribution in [0.5, 0.6) is 0 Å². The molecule has 2 saturated carbocycles. The number of hydrogen-bond acceptors (Lipinski definition) is 2.